The fourth-order valence-electron chi connectivity index (χ4n) is 3.29. The second kappa shape index (κ2) is 6.60. The molecule has 1 amide bonds. The van der Waals surface area contributed by atoms with Crippen LogP contribution in [0.15, 0.2) is 18.2 Å². The van der Waals surface area contributed by atoms with Gasteiger partial charge in [0.2, 0.25) is 5.91 Å². The van der Waals surface area contributed by atoms with Gasteiger partial charge in [0.25, 0.3) is 0 Å². The number of ether oxygens (including phenoxy) is 3. The zero-order valence-corrected chi connectivity index (χ0v) is 14.5. The van der Waals surface area contributed by atoms with E-state index in [0.29, 0.717) is 24.7 Å². The smallest absolute Gasteiger partial charge is 0.227 e. The van der Waals surface area contributed by atoms with E-state index in [4.69, 9.17) is 14.2 Å². The molecule has 2 heterocycles. The van der Waals surface area contributed by atoms with Crippen LogP contribution in [0, 0.1) is 0 Å². The maximum atomic E-state index is 12.7. The highest BCUT2D eigenvalue weighted by molar-refractivity contribution is 7.91. The average molecular weight is 355 g/mol. The molecule has 2 fully saturated rings. The number of carbonyl (C=O) groups is 1. The average Bonchev–Trinajstić information content (AvgIpc) is 2.88. The number of morpholine rings is 1. The van der Waals surface area contributed by atoms with Crippen molar-refractivity contribution in [2.24, 2.45) is 0 Å². The number of benzene rings is 1. The molecule has 2 atom stereocenters. The Morgan fingerprint density at radius 3 is 2.71 bits per heavy atom. The Bertz CT molecular complexity index is 732. The molecular formula is C16H21NO6S. The second-order valence-electron chi connectivity index (χ2n) is 6.01. The van der Waals surface area contributed by atoms with Crippen LogP contribution in [0.25, 0.3) is 0 Å². The fourth-order valence-corrected chi connectivity index (χ4v) is 5.16. The van der Waals surface area contributed by atoms with Gasteiger partial charge in [0, 0.05) is 6.54 Å². The Kier molecular flexibility index (Phi) is 4.69. The van der Waals surface area contributed by atoms with E-state index in [1.54, 1.807) is 31.3 Å². The summed E-state index contributed by atoms with van der Waals surface area (Å²) >= 11 is 0. The number of amides is 1. The number of rotatable bonds is 4. The van der Waals surface area contributed by atoms with Crippen molar-refractivity contribution < 1.29 is 27.4 Å². The molecule has 1 aromatic carbocycles. The SMILES string of the molecule is COc1ccc(CC(=O)N2CCOC3CS(=O)(=O)CC32)cc1OC. The van der Waals surface area contributed by atoms with Gasteiger partial charge in [-0.2, -0.15) is 0 Å². The first-order valence-electron chi connectivity index (χ1n) is 7.76. The Morgan fingerprint density at radius 1 is 1.25 bits per heavy atom. The zero-order chi connectivity index (χ0) is 17.3. The van der Waals surface area contributed by atoms with Gasteiger partial charge in [0.05, 0.1) is 50.9 Å². The summed E-state index contributed by atoms with van der Waals surface area (Å²) < 4.78 is 39.6. The summed E-state index contributed by atoms with van der Waals surface area (Å²) in [7, 11) is -0.0495. The molecule has 0 aliphatic carbocycles. The predicted octanol–water partition coefficient (Wildman–Crippen LogP) is 0.271. The van der Waals surface area contributed by atoms with Gasteiger partial charge in [-0.15, -0.1) is 0 Å². The van der Waals surface area contributed by atoms with Crippen molar-refractivity contribution in [3.8, 4) is 11.5 Å². The molecule has 0 saturated carbocycles. The molecule has 2 unspecified atom stereocenters. The number of carbonyl (C=O) groups excluding carboxylic acids is 1. The largest absolute Gasteiger partial charge is 0.493 e. The zero-order valence-electron chi connectivity index (χ0n) is 13.7. The maximum Gasteiger partial charge on any atom is 0.227 e. The molecule has 0 aromatic heterocycles. The van der Waals surface area contributed by atoms with Crippen LogP contribution in [-0.4, -0.2) is 70.2 Å². The Labute approximate surface area is 141 Å². The molecule has 0 bridgehead atoms. The summed E-state index contributed by atoms with van der Waals surface area (Å²) in [4.78, 5) is 14.3. The molecule has 132 valence electrons. The summed E-state index contributed by atoms with van der Waals surface area (Å²) in [5.41, 5.74) is 0.793. The molecular weight excluding hydrogens is 334 g/mol. The summed E-state index contributed by atoms with van der Waals surface area (Å²) in [6.07, 6.45) is -0.220. The summed E-state index contributed by atoms with van der Waals surface area (Å²) in [6.45, 7) is 0.789. The monoisotopic (exact) mass is 355 g/mol. The van der Waals surface area contributed by atoms with Gasteiger partial charge in [-0.25, -0.2) is 8.42 Å². The van der Waals surface area contributed by atoms with Gasteiger partial charge in [-0.3, -0.25) is 4.79 Å². The minimum atomic E-state index is -3.14. The molecule has 8 heteroatoms. The number of hydrogen-bond donors (Lipinski definition) is 0. The molecule has 0 spiro atoms. The fraction of sp³-hybridized carbons (Fsp3) is 0.562. The van der Waals surface area contributed by atoms with Crippen LogP contribution >= 0.6 is 0 Å². The normalized spacial score (nSPS) is 25.2. The number of fused-ring (bicyclic) bond motifs is 1. The molecule has 24 heavy (non-hydrogen) atoms. The van der Waals surface area contributed by atoms with E-state index in [1.807, 2.05) is 6.07 Å². The van der Waals surface area contributed by atoms with Crippen LogP contribution in [0.3, 0.4) is 0 Å². The van der Waals surface area contributed by atoms with E-state index >= 15 is 0 Å². The van der Waals surface area contributed by atoms with Crippen LogP contribution in [0.1, 0.15) is 5.56 Å². The first kappa shape index (κ1) is 17.0. The summed E-state index contributed by atoms with van der Waals surface area (Å²) in [5, 5.41) is 0. The van der Waals surface area contributed by atoms with Crippen molar-refractivity contribution in [3.63, 3.8) is 0 Å². The van der Waals surface area contributed by atoms with Crippen LogP contribution in [-0.2, 0) is 25.8 Å². The molecule has 0 N–H and O–H groups in total. The highest BCUT2D eigenvalue weighted by Crippen LogP contribution is 2.29. The van der Waals surface area contributed by atoms with Crippen molar-refractivity contribution in [2.75, 3.05) is 38.9 Å². The second-order valence-corrected chi connectivity index (χ2v) is 8.16. The van der Waals surface area contributed by atoms with Gasteiger partial charge >= 0.3 is 0 Å². The lowest BCUT2D eigenvalue weighted by atomic mass is 10.1. The van der Waals surface area contributed by atoms with E-state index in [2.05, 4.69) is 0 Å². The number of methoxy groups -OCH3 is 2. The van der Waals surface area contributed by atoms with Gasteiger partial charge in [0.1, 0.15) is 0 Å². The van der Waals surface area contributed by atoms with E-state index in [1.165, 1.54) is 0 Å². The Hall–Kier alpha value is -1.80. The van der Waals surface area contributed by atoms with E-state index in [0.717, 1.165) is 5.56 Å². The van der Waals surface area contributed by atoms with Crippen LogP contribution in [0.5, 0.6) is 11.5 Å². The third-order valence-electron chi connectivity index (χ3n) is 4.46. The molecule has 3 rings (SSSR count). The van der Waals surface area contributed by atoms with Crippen molar-refractivity contribution >= 4 is 15.7 Å². The van der Waals surface area contributed by atoms with Crippen LogP contribution in [0.2, 0.25) is 0 Å². The molecule has 7 nitrogen and oxygen atoms in total. The minimum absolute atomic E-state index is 0.00218. The first-order valence-corrected chi connectivity index (χ1v) is 9.58. The van der Waals surface area contributed by atoms with Gasteiger partial charge in [-0.1, -0.05) is 6.07 Å². The standard InChI is InChI=1S/C16H21NO6S/c1-21-13-4-3-11(7-14(13)22-2)8-16(18)17-5-6-23-15-10-24(19,20)9-12(15)17/h3-4,7,12,15H,5-6,8-10H2,1-2H3. The highest BCUT2D eigenvalue weighted by Gasteiger charge is 2.45. The van der Waals surface area contributed by atoms with Crippen molar-refractivity contribution in [2.45, 2.75) is 18.6 Å². The van der Waals surface area contributed by atoms with Gasteiger partial charge in [-0.05, 0) is 17.7 Å². The number of hydrogen-bond acceptors (Lipinski definition) is 6. The third-order valence-corrected chi connectivity index (χ3v) is 6.15. The van der Waals surface area contributed by atoms with Crippen LogP contribution < -0.4 is 9.47 Å². The topological polar surface area (TPSA) is 82.1 Å². The van der Waals surface area contributed by atoms with Gasteiger partial charge in [0.15, 0.2) is 21.3 Å². The Morgan fingerprint density at radius 2 is 2.00 bits per heavy atom. The molecule has 1 aromatic rings. The summed E-state index contributed by atoms with van der Waals surface area (Å²) in [5.74, 6) is 1.04. The maximum absolute atomic E-state index is 12.7. The molecule has 2 aliphatic rings. The lowest BCUT2D eigenvalue weighted by Gasteiger charge is -2.36. The van der Waals surface area contributed by atoms with Crippen molar-refractivity contribution in [1.82, 2.24) is 4.90 Å². The quantitative estimate of drug-likeness (QED) is 0.771. The van der Waals surface area contributed by atoms with E-state index in [-0.39, 0.29) is 29.9 Å². The van der Waals surface area contributed by atoms with Gasteiger partial charge < -0.3 is 19.1 Å². The lowest BCUT2D eigenvalue weighted by molar-refractivity contribution is -0.142. The number of nitrogens with zero attached hydrogens (tertiary/aromatic N) is 1. The predicted molar refractivity (Wildman–Crippen MR) is 87.1 cm³/mol. The lowest BCUT2D eigenvalue weighted by Crippen LogP contribution is -2.53. The molecule has 2 saturated heterocycles. The van der Waals surface area contributed by atoms with E-state index in [9.17, 15) is 13.2 Å². The highest BCUT2D eigenvalue weighted by atomic mass is 32.2. The minimum Gasteiger partial charge on any atom is -0.493 e. The van der Waals surface area contributed by atoms with E-state index < -0.39 is 15.9 Å². The van der Waals surface area contributed by atoms with Crippen LogP contribution in [0.4, 0.5) is 0 Å². The Balaban J connectivity index is 1.75. The van der Waals surface area contributed by atoms with Crippen molar-refractivity contribution in [1.29, 1.82) is 0 Å². The molecule has 0 radical (unpaired) electrons. The molecule has 2 aliphatic heterocycles. The first-order chi connectivity index (χ1) is 11.4. The summed E-state index contributed by atoms with van der Waals surface area (Å²) in [6, 6.07) is 4.95. The van der Waals surface area contributed by atoms with Crippen molar-refractivity contribution in [3.05, 3.63) is 23.8 Å². The number of sulfone groups is 1. The third kappa shape index (κ3) is 3.34.